The zero-order chi connectivity index (χ0) is 6.91. The van der Waals surface area contributed by atoms with Crippen molar-refractivity contribution in [2.75, 3.05) is 13.2 Å². The van der Waals surface area contributed by atoms with Crippen LogP contribution in [0, 0.1) is 5.92 Å². The molecule has 1 fully saturated rings. The predicted molar refractivity (Wildman–Crippen MR) is 37.2 cm³/mol. The van der Waals surface area contributed by atoms with Crippen molar-refractivity contribution in [1.29, 1.82) is 0 Å². The second-order valence-electron chi connectivity index (χ2n) is 3.45. The van der Waals surface area contributed by atoms with Crippen molar-refractivity contribution in [2.45, 2.75) is 25.8 Å². The van der Waals surface area contributed by atoms with Crippen molar-refractivity contribution in [1.82, 2.24) is 0 Å². The Balaban J connectivity index is 2.24. The van der Waals surface area contributed by atoms with Crippen LogP contribution in [0.1, 0.15) is 20.3 Å². The van der Waals surface area contributed by atoms with E-state index in [2.05, 4.69) is 13.8 Å². The number of nitrogens with two attached hydrogens (primary N) is 1. The second-order valence-corrected chi connectivity index (χ2v) is 3.45. The van der Waals surface area contributed by atoms with Crippen LogP contribution in [-0.4, -0.2) is 18.8 Å². The van der Waals surface area contributed by atoms with Crippen LogP contribution < -0.4 is 5.73 Å². The van der Waals surface area contributed by atoms with Gasteiger partial charge in [0.15, 0.2) is 0 Å². The molecule has 0 aromatic heterocycles. The van der Waals surface area contributed by atoms with Crippen molar-refractivity contribution >= 4 is 0 Å². The first kappa shape index (κ1) is 7.03. The summed E-state index contributed by atoms with van der Waals surface area (Å²) >= 11 is 0. The molecular formula is C7H15NO. The Bertz CT molecular complexity index is 97.1. The van der Waals surface area contributed by atoms with Crippen molar-refractivity contribution in [2.24, 2.45) is 11.7 Å². The number of rotatable bonds is 2. The maximum atomic E-state index is 5.88. The zero-order valence-electron chi connectivity index (χ0n) is 6.18. The molecule has 0 radical (unpaired) electrons. The Labute approximate surface area is 56.4 Å². The number of ether oxygens (including phenoxy) is 1. The Morgan fingerprint density at radius 1 is 1.56 bits per heavy atom. The largest absolute Gasteiger partial charge is 0.377 e. The van der Waals surface area contributed by atoms with Gasteiger partial charge in [-0.2, -0.15) is 0 Å². The van der Waals surface area contributed by atoms with Crippen molar-refractivity contribution < 1.29 is 4.74 Å². The molecule has 0 aliphatic carbocycles. The number of hydrogen-bond donors (Lipinski definition) is 1. The highest BCUT2D eigenvalue weighted by Gasteiger charge is 2.34. The third kappa shape index (κ3) is 1.66. The number of hydrogen-bond acceptors (Lipinski definition) is 2. The molecule has 0 aromatic carbocycles. The Morgan fingerprint density at radius 2 is 2.11 bits per heavy atom. The molecule has 0 amide bonds. The van der Waals surface area contributed by atoms with Crippen LogP contribution in [0.3, 0.4) is 0 Å². The van der Waals surface area contributed by atoms with Crippen molar-refractivity contribution in [3.05, 3.63) is 0 Å². The lowest BCUT2D eigenvalue weighted by Gasteiger charge is -2.39. The fraction of sp³-hybridized carbons (Fsp3) is 1.00. The third-order valence-electron chi connectivity index (χ3n) is 1.59. The normalized spacial score (nSPS) is 24.0. The maximum Gasteiger partial charge on any atom is 0.0669 e. The van der Waals surface area contributed by atoms with Gasteiger partial charge in [0.25, 0.3) is 0 Å². The van der Waals surface area contributed by atoms with Gasteiger partial charge >= 0.3 is 0 Å². The van der Waals surface area contributed by atoms with Crippen LogP contribution in [0.5, 0.6) is 0 Å². The van der Waals surface area contributed by atoms with Gasteiger partial charge in [-0.25, -0.2) is 0 Å². The molecule has 0 spiro atoms. The monoisotopic (exact) mass is 129 g/mol. The molecule has 1 rings (SSSR count). The minimum atomic E-state index is 0.0220. The lowest BCUT2D eigenvalue weighted by Crippen LogP contribution is -2.57. The van der Waals surface area contributed by atoms with Crippen LogP contribution in [-0.2, 0) is 4.74 Å². The molecule has 1 aliphatic rings. The van der Waals surface area contributed by atoms with Gasteiger partial charge in [0.05, 0.1) is 18.8 Å². The first-order chi connectivity index (χ1) is 4.12. The highest BCUT2D eigenvalue weighted by Crippen LogP contribution is 2.21. The fourth-order valence-electron chi connectivity index (χ4n) is 1.30. The van der Waals surface area contributed by atoms with Gasteiger partial charge in [-0.1, -0.05) is 13.8 Å². The Kier molecular flexibility index (Phi) is 1.78. The predicted octanol–water partition coefficient (Wildman–Crippen LogP) is 0.760. The standard InChI is InChI=1S/C7H15NO/c1-6(2)3-7(8)4-9-5-7/h6H,3-5,8H2,1-2H3. The van der Waals surface area contributed by atoms with Crippen LogP contribution in [0.4, 0.5) is 0 Å². The van der Waals surface area contributed by atoms with Crippen LogP contribution >= 0.6 is 0 Å². The van der Waals surface area contributed by atoms with Crippen LogP contribution in [0.2, 0.25) is 0 Å². The van der Waals surface area contributed by atoms with E-state index in [0.29, 0.717) is 5.92 Å². The molecule has 0 atom stereocenters. The molecule has 1 heterocycles. The summed E-state index contributed by atoms with van der Waals surface area (Å²) in [6.45, 7) is 5.89. The highest BCUT2D eigenvalue weighted by molar-refractivity contribution is 4.90. The van der Waals surface area contributed by atoms with Gasteiger partial charge in [0, 0.05) is 0 Å². The van der Waals surface area contributed by atoms with Crippen molar-refractivity contribution in [3.8, 4) is 0 Å². The lowest BCUT2D eigenvalue weighted by molar-refractivity contribution is -0.0624. The first-order valence-electron chi connectivity index (χ1n) is 3.49. The maximum absolute atomic E-state index is 5.88. The van der Waals surface area contributed by atoms with Crippen LogP contribution in [0.25, 0.3) is 0 Å². The van der Waals surface area contributed by atoms with E-state index in [9.17, 15) is 0 Å². The summed E-state index contributed by atoms with van der Waals surface area (Å²) in [5.74, 6) is 0.693. The minimum absolute atomic E-state index is 0.0220. The van der Waals surface area contributed by atoms with E-state index >= 15 is 0 Å². The van der Waals surface area contributed by atoms with E-state index in [1.165, 1.54) is 0 Å². The molecule has 2 nitrogen and oxygen atoms in total. The molecule has 2 heteroatoms. The van der Waals surface area contributed by atoms with Crippen LogP contribution in [0.15, 0.2) is 0 Å². The van der Waals surface area contributed by atoms with E-state index in [1.807, 2.05) is 0 Å². The van der Waals surface area contributed by atoms with Gasteiger partial charge in [0.2, 0.25) is 0 Å². The molecule has 9 heavy (non-hydrogen) atoms. The zero-order valence-corrected chi connectivity index (χ0v) is 6.18. The molecule has 0 saturated carbocycles. The molecule has 2 N–H and O–H groups in total. The average Bonchev–Trinajstić information content (AvgIpc) is 1.60. The summed E-state index contributed by atoms with van der Waals surface area (Å²) in [5.41, 5.74) is 5.90. The quantitative estimate of drug-likeness (QED) is 0.597. The van der Waals surface area contributed by atoms with Gasteiger partial charge in [-0.05, 0) is 12.3 Å². The minimum Gasteiger partial charge on any atom is -0.377 e. The lowest BCUT2D eigenvalue weighted by atomic mass is 9.88. The fourth-order valence-corrected chi connectivity index (χ4v) is 1.30. The van der Waals surface area contributed by atoms with Crippen molar-refractivity contribution in [3.63, 3.8) is 0 Å². The SMILES string of the molecule is CC(C)CC1(N)COC1. The van der Waals surface area contributed by atoms with E-state index in [-0.39, 0.29) is 5.54 Å². The van der Waals surface area contributed by atoms with E-state index in [0.717, 1.165) is 19.6 Å². The summed E-state index contributed by atoms with van der Waals surface area (Å²) in [5, 5.41) is 0. The van der Waals surface area contributed by atoms with Gasteiger partial charge in [0.1, 0.15) is 0 Å². The summed E-state index contributed by atoms with van der Waals surface area (Å²) in [7, 11) is 0. The highest BCUT2D eigenvalue weighted by atomic mass is 16.5. The van der Waals surface area contributed by atoms with Gasteiger partial charge < -0.3 is 10.5 Å². The molecule has 1 aliphatic heterocycles. The van der Waals surface area contributed by atoms with Gasteiger partial charge in [-0.15, -0.1) is 0 Å². The third-order valence-corrected chi connectivity index (χ3v) is 1.59. The Hall–Kier alpha value is -0.0800. The van der Waals surface area contributed by atoms with E-state index in [4.69, 9.17) is 10.5 Å². The molecule has 54 valence electrons. The summed E-state index contributed by atoms with van der Waals surface area (Å²) in [6, 6.07) is 0. The molecule has 0 unspecified atom stereocenters. The summed E-state index contributed by atoms with van der Waals surface area (Å²) in [6.07, 6.45) is 1.09. The molecule has 0 aromatic rings. The smallest absolute Gasteiger partial charge is 0.0669 e. The average molecular weight is 129 g/mol. The summed E-state index contributed by atoms with van der Waals surface area (Å²) in [4.78, 5) is 0. The molecular weight excluding hydrogens is 114 g/mol. The second kappa shape index (κ2) is 2.27. The molecule has 1 saturated heterocycles. The van der Waals surface area contributed by atoms with E-state index < -0.39 is 0 Å². The topological polar surface area (TPSA) is 35.2 Å². The molecule has 0 bridgehead atoms. The first-order valence-corrected chi connectivity index (χ1v) is 3.49. The van der Waals surface area contributed by atoms with Gasteiger partial charge in [-0.3, -0.25) is 0 Å². The Morgan fingerprint density at radius 3 is 2.22 bits per heavy atom. The van der Waals surface area contributed by atoms with E-state index in [1.54, 1.807) is 0 Å². The summed E-state index contributed by atoms with van der Waals surface area (Å²) < 4.78 is 5.01.